The molecule has 0 bridgehead atoms. The maximum Gasteiger partial charge on any atom is 0.261 e. The normalized spacial score (nSPS) is 17.4. The van der Waals surface area contributed by atoms with Crippen LogP contribution in [-0.2, 0) is 27.9 Å². The third-order valence-corrected chi connectivity index (χ3v) is 12.6. The molecule has 0 spiro atoms. The molecule has 268 valence electrons. The second kappa shape index (κ2) is 17.5. The molecule has 4 nitrogen and oxygen atoms in total. The molecule has 0 aliphatic carbocycles. The summed E-state index contributed by atoms with van der Waals surface area (Å²) < 4.78 is 22.8. The van der Waals surface area contributed by atoms with Gasteiger partial charge >= 0.3 is 0 Å². The second-order valence-electron chi connectivity index (χ2n) is 12.8. The van der Waals surface area contributed by atoms with Gasteiger partial charge in [-0.3, -0.25) is 0 Å². The highest BCUT2D eigenvalue weighted by Gasteiger charge is 2.28. The lowest BCUT2D eigenvalue weighted by atomic mass is 9.85. The van der Waals surface area contributed by atoms with Crippen LogP contribution in [0.5, 0.6) is 0 Å². The van der Waals surface area contributed by atoms with Gasteiger partial charge in [0, 0.05) is 79.4 Å². The zero-order chi connectivity index (χ0) is 35.6. The van der Waals surface area contributed by atoms with Gasteiger partial charge in [0.2, 0.25) is 0 Å². The van der Waals surface area contributed by atoms with E-state index in [0.717, 1.165) is 53.6 Å². The summed E-state index contributed by atoms with van der Waals surface area (Å²) in [6.07, 6.45) is 0. The van der Waals surface area contributed by atoms with Gasteiger partial charge < -0.3 is 9.80 Å². The molecule has 0 aromatic heterocycles. The van der Waals surface area contributed by atoms with Crippen LogP contribution >= 0.6 is 81.3 Å². The Balaban J connectivity index is 0.000000196. The molecule has 51 heavy (non-hydrogen) atoms. The predicted octanol–water partition coefficient (Wildman–Crippen LogP) is 11.8. The first-order chi connectivity index (χ1) is 23.9. The van der Waals surface area contributed by atoms with Crippen molar-refractivity contribution in [2.75, 3.05) is 27.2 Å². The van der Waals surface area contributed by atoms with E-state index in [1.807, 2.05) is 30.9 Å². The minimum Gasteiger partial charge on any atom is -0.301 e. The van der Waals surface area contributed by atoms with Gasteiger partial charge in [0.25, 0.3) is 9.05 Å². The van der Waals surface area contributed by atoms with E-state index in [2.05, 4.69) is 77.5 Å². The monoisotopic (exact) mass is 838 g/mol. The number of fused-ring (bicyclic) bond motifs is 2. The summed E-state index contributed by atoms with van der Waals surface area (Å²) in [4.78, 5) is 5.89. The SMILES string of the molecule is CN1Cc2c(Cl)cc(Cl)cc2C(c2ccc(S(=O)(=O)Cl)cc2)C1.CN1Cc2c(Cl)cc(Cl)cc2C(c2ccc(SCc3ccccc3)cc2)C1.Cl. The van der Waals surface area contributed by atoms with Crippen molar-refractivity contribution in [2.24, 2.45) is 0 Å². The molecule has 7 rings (SSSR count). The highest BCUT2D eigenvalue weighted by molar-refractivity contribution is 8.13. The van der Waals surface area contributed by atoms with Gasteiger partial charge in [-0.15, -0.1) is 24.2 Å². The van der Waals surface area contributed by atoms with E-state index in [9.17, 15) is 8.42 Å². The Morgan fingerprint density at radius 3 is 1.57 bits per heavy atom. The fourth-order valence-corrected chi connectivity index (χ4v) is 9.42. The summed E-state index contributed by atoms with van der Waals surface area (Å²) in [6, 6.07) is 33.8. The van der Waals surface area contributed by atoms with Crippen molar-refractivity contribution < 1.29 is 8.42 Å². The van der Waals surface area contributed by atoms with Crippen LogP contribution in [0.25, 0.3) is 0 Å². The third-order valence-electron chi connectivity index (χ3n) is 9.08. The number of hydrogen-bond donors (Lipinski definition) is 0. The molecule has 0 amide bonds. The molecule has 0 radical (unpaired) electrons. The van der Waals surface area contributed by atoms with Gasteiger partial charge in [-0.25, -0.2) is 8.42 Å². The van der Waals surface area contributed by atoms with Crippen molar-refractivity contribution in [3.63, 3.8) is 0 Å². The van der Waals surface area contributed by atoms with E-state index in [0.29, 0.717) is 21.0 Å². The molecule has 5 aromatic carbocycles. The third kappa shape index (κ3) is 9.98. The Morgan fingerprint density at radius 1 is 0.667 bits per heavy atom. The van der Waals surface area contributed by atoms with Crippen molar-refractivity contribution in [1.82, 2.24) is 9.80 Å². The molecule has 12 heteroatoms. The molecule has 2 aliphatic rings. The van der Waals surface area contributed by atoms with Gasteiger partial charge in [0.05, 0.1) is 4.90 Å². The number of nitrogens with zero attached hydrogens (tertiary/aromatic N) is 2. The number of hydrogen-bond acceptors (Lipinski definition) is 5. The molecule has 0 N–H and O–H groups in total. The Hall–Kier alpha value is -1.94. The first-order valence-corrected chi connectivity index (χ1v) is 20.8. The van der Waals surface area contributed by atoms with E-state index in [-0.39, 0.29) is 23.2 Å². The molecule has 2 unspecified atom stereocenters. The van der Waals surface area contributed by atoms with Gasteiger partial charge in [-0.1, -0.05) is 101 Å². The molecule has 0 saturated heterocycles. The average Bonchev–Trinajstić information content (AvgIpc) is 3.08. The zero-order valence-electron chi connectivity index (χ0n) is 27.8. The Bertz CT molecular complexity index is 2080. The number of benzene rings is 5. The topological polar surface area (TPSA) is 40.6 Å². The maximum absolute atomic E-state index is 11.4. The van der Waals surface area contributed by atoms with Crippen molar-refractivity contribution in [2.45, 2.75) is 40.5 Å². The van der Waals surface area contributed by atoms with E-state index >= 15 is 0 Å². The van der Waals surface area contributed by atoms with Crippen LogP contribution < -0.4 is 0 Å². The van der Waals surface area contributed by atoms with Crippen LogP contribution in [0.4, 0.5) is 0 Å². The first kappa shape index (κ1) is 40.2. The lowest BCUT2D eigenvalue weighted by Gasteiger charge is -2.33. The van der Waals surface area contributed by atoms with Gasteiger partial charge in [-0.2, -0.15) is 0 Å². The quantitative estimate of drug-likeness (QED) is 0.126. The predicted molar refractivity (Wildman–Crippen MR) is 218 cm³/mol. The molecule has 0 saturated carbocycles. The smallest absolute Gasteiger partial charge is 0.261 e. The molecular weight excluding hydrogens is 805 g/mol. The maximum atomic E-state index is 11.4. The summed E-state index contributed by atoms with van der Waals surface area (Å²) >= 11 is 27.1. The summed E-state index contributed by atoms with van der Waals surface area (Å²) in [5.74, 6) is 1.36. The van der Waals surface area contributed by atoms with E-state index in [1.165, 1.54) is 39.3 Å². The largest absolute Gasteiger partial charge is 0.301 e. The van der Waals surface area contributed by atoms with Crippen molar-refractivity contribution in [1.29, 1.82) is 0 Å². The Kier molecular flexibility index (Phi) is 13.8. The fourth-order valence-electron chi connectivity index (χ4n) is 6.66. The van der Waals surface area contributed by atoms with E-state index in [1.54, 1.807) is 18.2 Å². The number of thioether (sulfide) groups is 1. The zero-order valence-corrected chi connectivity index (χ0v) is 34.1. The summed E-state index contributed by atoms with van der Waals surface area (Å²) in [5.41, 5.74) is 8.26. The standard InChI is InChI=1S/C23H21Cl2NS.C16H14Cl3NO2S.ClH/c1-26-13-21(20-11-18(24)12-23(25)22(20)14-26)17-7-9-19(10-8-17)27-15-16-5-3-2-4-6-16;1-20-8-14(10-2-4-12(5-3-10)23(19,21)22)13-6-11(17)7-16(18)15(13)9-20;/h2-12,21H,13-15H2,1H3;2-7,14H,8-9H2,1H3;1H. The lowest BCUT2D eigenvalue weighted by Crippen LogP contribution is -2.31. The number of rotatable bonds is 6. The van der Waals surface area contributed by atoms with Crippen LogP contribution in [0, 0.1) is 0 Å². The number of likely N-dealkylation sites (N-methyl/N-ethyl adjacent to an activating group) is 2. The molecule has 5 aromatic rings. The van der Waals surface area contributed by atoms with Crippen molar-refractivity contribution >= 4 is 90.3 Å². The lowest BCUT2D eigenvalue weighted by molar-refractivity contribution is 0.295. The summed E-state index contributed by atoms with van der Waals surface area (Å²) in [7, 11) is 5.83. The number of halogens is 6. The fraction of sp³-hybridized carbons (Fsp3) is 0.231. The highest BCUT2D eigenvalue weighted by Crippen LogP contribution is 2.40. The van der Waals surface area contributed by atoms with E-state index < -0.39 is 9.05 Å². The van der Waals surface area contributed by atoms with Gasteiger partial charge in [-0.05, 0) is 102 Å². The minimum atomic E-state index is -3.72. The minimum absolute atomic E-state index is 0. The van der Waals surface area contributed by atoms with E-state index in [4.69, 9.17) is 57.1 Å². The molecular formula is C39H36Cl6N2O2S2. The summed E-state index contributed by atoms with van der Waals surface area (Å²) in [6.45, 7) is 3.40. The Morgan fingerprint density at radius 2 is 1.12 bits per heavy atom. The molecule has 2 atom stereocenters. The van der Waals surface area contributed by atoms with Crippen LogP contribution in [-0.4, -0.2) is 45.4 Å². The van der Waals surface area contributed by atoms with Gasteiger partial charge in [0.15, 0.2) is 0 Å². The first-order valence-electron chi connectivity index (χ1n) is 16.0. The van der Waals surface area contributed by atoms with Crippen LogP contribution in [0.15, 0.2) is 113 Å². The van der Waals surface area contributed by atoms with Gasteiger partial charge in [0.1, 0.15) is 0 Å². The van der Waals surface area contributed by atoms with Crippen molar-refractivity contribution in [3.8, 4) is 0 Å². The van der Waals surface area contributed by atoms with Crippen molar-refractivity contribution in [3.05, 3.63) is 162 Å². The van der Waals surface area contributed by atoms with Crippen LogP contribution in [0.3, 0.4) is 0 Å². The molecule has 0 fully saturated rings. The second-order valence-corrected chi connectivity index (χ2v) is 18.1. The van der Waals surface area contributed by atoms with Crippen LogP contribution in [0.1, 0.15) is 50.8 Å². The Labute approximate surface area is 335 Å². The molecule has 2 aliphatic heterocycles. The van der Waals surface area contributed by atoms with Crippen LogP contribution in [0.2, 0.25) is 20.1 Å². The molecule has 2 heterocycles. The highest BCUT2D eigenvalue weighted by atomic mass is 35.7. The summed E-state index contributed by atoms with van der Waals surface area (Å²) in [5, 5.41) is 2.74. The average molecular weight is 842 g/mol.